The van der Waals surface area contributed by atoms with Gasteiger partial charge < -0.3 is 14.4 Å². The van der Waals surface area contributed by atoms with Crippen LogP contribution in [0.15, 0.2) is 0 Å². The Morgan fingerprint density at radius 1 is 0.889 bits per heavy atom. The molecule has 160 valence electrons. The minimum absolute atomic E-state index is 0.0166. The summed E-state index contributed by atoms with van der Waals surface area (Å²) < 4.78 is 10.8. The Hall–Kier alpha value is -1.10. The molecule has 0 saturated carbocycles. The van der Waals surface area contributed by atoms with Crippen LogP contribution in [0, 0.1) is 5.92 Å². The predicted octanol–water partition coefficient (Wildman–Crippen LogP) is 4.97. The molecule has 1 unspecified atom stereocenters. The van der Waals surface area contributed by atoms with Crippen LogP contribution in [0.3, 0.4) is 0 Å². The third kappa shape index (κ3) is 15.6. The van der Waals surface area contributed by atoms with Crippen LogP contribution >= 0.6 is 0 Å². The van der Waals surface area contributed by atoms with Gasteiger partial charge in [-0.2, -0.15) is 0 Å². The zero-order valence-corrected chi connectivity index (χ0v) is 18.4. The van der Waals surface area contributed by atoms with Crippen LogP contribution in [-0.4, -0.2) is 50.2 Å². The summed E-state index contributed by atoms with van der Waals surface area (Å²) in [7, 11) is 4.04. The fourth-order valence-corrected chi connectivity index (χ4v) is 2.99. The number of carbonyl (C=O) groups excluding carboxylic acids is 2. The fourth-order valence-electron chi connectivity index (χ4n) is 2.99. The van der Waals surface area contributed by atoms with Crippen LogP contribution < -0.4 is 0 Å². The molecular formula is C22H43NO4. The Bertz CT molecular complexity index is 375. The van der Waals surface area contributed by atoms with Gasteiger partial charge in [0.15, 0.2) is 0 Å². The van der Waals surface area contributed by atoms with E-state index in [1.807, 2.05) is 14.1 Å². The summed E-state index contributed by atoms with van der Waals surface area (Å²) in [6.07, 6.45) is 10.4. The Morgan fingerprint density at radius 3 is 2.00 bits per heavy atom. The summed E-state index contributed by atoms with van der Waals surface area (Å²) in [5.41, 5.74) is 0. The van der Waals surface area contributed by atoms with E-state index in [4.69, 9.17) is 9.47 Å². The average molecular weight is 386 g/mol. The molecule has 0 saturated heterocycles. The van der Waals surface area contributed by atoms with Gasteiger partial charge in [0.05, 0.1) is 5.92 Å². The molecule has 0 radical (unpaired) electrons. The number of esters is 2. The van der Waals surface area contributed by atoms with Gasteiger partial charge in [-0.05, 0) is 53.2 Å². The first kappa shape index (κ1) is 25.9. The lowest BCUT2D eigenvalue weighted by Gasteiger charge is -2.18. The smallest absolute Gasteiger partial charge is 0.309 e. The average Bonchev–Trinajstić information content (AvgIpc) is 2.62. The summed E-state index contributed by atoms with van der Waals surface area (Å²) >= 11 is 0. The highest BCUT2D eigenvalue weighted by atomic mass is 16.6. The van der Waals surface area contributed by atoms with E-state index in [2.05, 4.69) is 18.7 Å². The summed E-state index contributed by atoms with van der Waals surface area (Å²) in [6, 6.07) is 0. The summed E-state index contributed by atoms with van der Waals surface area (Å²) in [5, 5.41) is 0. The van der Waals surface area contributed by atoms with Gasteiger partial charge in [0.2, 0.25) is 0 Å². The van der Waals surface area contributed by atoms with Crippen LogP contribution in [0.25, 0.3) is 0 Å². The van der Waals surface area contributed by atoms with Crippen molar-refractivity contribution in [3.63, 3.8) is 0 Å². The normalized spacial score (nSPS) is 12.4. The highest BCUT2D eigenvalue weighted by Gasteiger charge is 2.21. The van der Waals surface area contributed by atoms with Crippen LogP contribution in [-0.2, 0) is 19.1 Å². The summed E-state index contributed by atoms with van der Waals surface area (Å²) in [5.74, 6) is -0.354. The van der Waals surface area contributed by atoms with Crippen molar-refractivity contribution in [2.24, 2.45) is 5.92 Å². The predicted molar refractivity (Wildman–Crippen MR) is 111 cm³/mol. The van der Waals surface area contributed by atoms with Gasteiger partial charge in [-0.3, -0.25) is 9.59 Å². The number of carbonyl (C=O) groups is 2. The topological polar surface area (TPSA) is 55.8 Å². The standard InChI is InChI=1S/C22H43NO4/c1-6-8-10-14-20(15-11-9-7-2)22(25)26-18-19(3)27-21(24)16-12-13-17-23(4)5/h19-20H,6-18H2,1-5H3. The number of hydrogen-bond acceptors (Lipinski definition) is 5. The second-order valence-electron chi connectivity index (χ2n) is 7.88. The van der Waals surface area contributed by atoms with Crippen molar-refractivity contribution in [1.29, 1.82) is 0 Å². The van der Waals surface area contributed by atoms with Crippen molar-refractivity contribution in [2.45, 2.75) is 97.5 Å². The van der Waals surface area contributed by atoms with E-state index in [0.29, 0.717) is 6.42 Å². The number of rotatable bonds is 17. The van der Waals surface area contributed by atoms with Crippen molar-refractivity contribution in [1.82, 2.24) is 4.90 Å². The molecule has 0 aliphatic heterocycles. The molecular weight excluding hydrogens is 342 g/mol. The van der Waals surface area contributed by atoms with Crippen LogP contribution in [0.2, 0.25) is 0 Å². The SMILES string of the molecule is CCCCCC(CCCCC)C(=O)OCC(C)OC(=O)CCCCN(C)C. The van der Waals surface area contributed by atoms with E-state index in [9.17, 15) is 9.59 Å². The van der Waals surface area contributed by atoms with Crippen molar-refractivity contribution in [3.8, 4) is 0 Å². The van der Waals surface area contributed by atoms with Gasteiger partial charge in [0.25, 0.3) is 0 Å². The first-order chi connectivity index (χ1) is 12.9. The molecule has 0 aromatic heterocycles. The van der Waals surface area contributed by atoms with Crippen LogP contribution in [0.5, 0.6) is 0 Å². The van der Waals surface area contributed by atoms with Gasteiger partial charge in [0.1, 0.15) is 12.7 Å². The molecule has 27 heavy (non-hydrogen) atoms. The van der Waals surface area contributed by atoms with Gasteiger partial charge in [-0.15, -0.1) is 0 Å². The van der Waals surface area contributed by atoms with Gasteiger partial charge in [-0.25, -0.2) is 0 Å². The van der Waals surface area contributed by atoms with Crippen LogP contribution in [0.1, 0.15) is 91.4 Å². The second-order valence-corrected chi connectivity index (χ2v) is 7.88. The molecule has 0 rings (SSSR count). The molecule has 5 nitrogen and oxygen atoms in total. The molecule has 0 amide bonds. The van der Waals surface area contributed by atoms with E-state index in [1.165, 1.54) is 0 Å². The maximum Gasteiger partial charge on any atom is 0.309 e. The molecule has 0 bridgehead atoms. The monoisotopic (exact) mass is 385 g/mol. The zero-order valence-electron chi connectivity index (χ0n) is 18.4. The lowest BCUT2D eigenvalue weighted by atomic mass is 9.95. The van der Waals surface area contributed by atoms with Crippen molar-refractivity contribution >= 4 is 11.9 Å². The molecule has 0 N–H and O–H groups in total. The molecule has 0 aromatic carbocycles. The van der Waals surface area contributed by atoms with E-state index in [1.54, 1.807) is 6.92 Å². The second kappa shape index (κ2) is 17.0. The Kier molecular flexibility index (Phi) is 16.3. The van der Waals surface area contributed by atoms with Crippen molar-refractivity contribution < 1.29 is 19.1 Å². The summed E-state index contributed by atoms with van der Waals surface area (Å²) in [6.45, 7) is 7.24. The quantitative estimate of drug-likeness (QED) is 0.261. The van der Waals surface area contributed by atoms with Crippen LogP contribution in [0.4, 0.5) is 0 Å². The summed E-state index contributed by atoms with van der Waals surface area (Å²) in [4.78, 5) is 26.4. The molecule has 5 heteroatoms. The lowest BCUT2D eigenvalue weighted by molar-refractivity contribution is -0.160. The zero-order chi connectivity index (χ0) is 20.5. The minimum atomic E-state index is -0.387. The van der Waals surface area contributed by atoms with E-state index < -0.39 is 0 Å². The van der Waals surface area contributed by atoms with E-state index >= 15 is 0 Å². The van der Waals surface area contributed by atoms with E-state index in [0.717, 1.165) is 70.8 Å². The number of unbranched alkanes of at least 4 members (excludes halogenated alkanes) is 5. The number of ether oxygens (including phenoxy) is 2. The molecule has 0 heterocycles. The molecule has 0 aliphatic carbocycles. The Morgan fingerprint density at radius 2 is 1.48 bits per heavy atom. The highest BCUT2D eigenvalue weighted by molar-refractivity contribution is 5.72. The maximum atomic E-state index is 12.4. The lowest BCUT2D eigenvalue weighted by Crippen LogP contribution is -2.26. The molecule has 0 aliphatic rings. The molecule has 0 fully saturated rings. The van der Waals surface area contributed by atoms with Crippen molar-refractivity contribution in [2.75, 3.05) is 27.2 Å². The maximum absolute atomic E-state index is 12.4. The molecule has 0 spiro atoms. The van der Waals surface area contributed by atoms with Gasteiger partial charge >= 0.3 is 11.9 Å². The number of hydrogen-bond donors (Lipinski definition) is 0. The third-order valence-corrected chi connectivity index (χ3v) is 4.67. The van der Waals surface area contributed by atoms with Crippen molar-refractivity contribution in [3.05, 3.63) is 0 Å². The first-order valence-corrected chi connectivity index (χ1v) is 10.9. The third-order valence-electron chi connectivity index (χ3n) is 4.67. The first-order valence-electron chi connectivity index (χ1n) is 10.9. The van der Waals surface area contributed by atoms with Gasteiger partial charge in [0, 0.05) is 6.42 Å². The molecule has 1 atom stereocenters. The highest BCUT2D eigenvalue weighted by Crippen LogP contribution is 2.19. The molecule has 0 aromatic rings. The van der Waals surface area contributed by atoms with Gasteiger partial charge in [-0.1, -0.05) is 52.4 Å². The number of nitrogens with zero attached hydrogens (tertiary/aromatic N) is 1. The minimum Gasteiger partial charge on any atom is -0.462 e. The largest absolute Gasteiger partial charge is 0.462 e. The fraction of sp³-hybridized carbons (Fsp3) is 0.909. The van der Waals surface area contributed by atoms with E-state index in [-0.39, 0.29) is 30.6 Å². The Labute approximate surface area is 167 Å². The Balaban J connectivity index is 4.13.